The summed E-state index contributed by atoms with van der Waals surface area (Å²) in [6.07, 6.45) is 4.48. The zero-order valence-electron chi connectivity index (χ0n) is 10.5. The summed E-state index contributed by atoms with van der Waals surface area (Å²) in [5.74, 6) is 0. The van der Waals surface area contributed by atoms with Crippen molar-refractivity contribution in [1.29, 1.82) is 0 Å². The molecule has 0 atom stereocenters. The van der Waals surface area contributed by atoms with Gasteiger partial charge in [-0.05, 0) is 25.7 Å². The van der Waals surface area contributed by atoms with Crippen LogP contribution in [0.1, 0.15) is 25.7 Å². The third kappa shape index (κ3) is 3.46. The lowest BCUT2D eigenvalue weighted by Crippen LogP contribution is -2.30. The number of aliphatic hydroxyl groups excluding tert-OH is 2. The second kappa shape index (κ2) is 6.36. The van der Waals surface area contributed by atoms with Crippen LogP contribution in [0, 0.1) is 0 Å². The average Bonchev–Trinajstić information content (AvgIpc) is 2.41. The molecular formula is C12H18ClN3O3. The molecule has 0 bridgehead atoms. The first-order valence-electron chi connectivity index (χ1n) is 6.43. The number of aliphatic hydroxyl groups is 2. The van der Waals surface area contributed by atoms with Gasteiger partial charge in [-0.1, -0.05) is 11.6 Å². The molecule has 1 saturated carbocycles. The smallest absolute Gasteiger partial charge is 0.287 e. The molecule has 0 radical (unpaired) electrons. The van der Waals surface area contributed by atoms with Gasteiger partial charge < -0.3 is 15.5 Å². The maximum absolute atomic E-state index is 11.9. The predicted octanol–water partition coefficient (Wildman–Crippen LogP) is 0.604. The lowest BCUT2D eigenvalue weighted by Gasteiger charge is -2.27. The first-order valence-corrected chi connectivity index (χ1v) is 6.80. The molecule has 1 aliphatic carbocycles. The summed E-state index contributed by atoms with van der Waals surface area (Å²) < 4.78 is 1.14. The quantitative estimate of drug-likeness (QED) is 0.755. The molecule has 0 spiro atoms. The van der Waals surface area contributed by atoms with E-state index in [0.717, 1.165) is 30.4 Å². The van der Waals surface area contributed by atoms with Crippen LogP contribution >= 0.6 is 11.6 Å². The van der Waals surface area contributed by atoms with Gasteiger partial charge in [-0.15, -0.1) is 0 Å². The highest BCUT2D eigenvalue weighted by molar-refractivity contribution is 6.32. The summed E-state index contributed by atoms with van der Waals surface area (Å²) in [4.78, 5) is 11.9. The number of rotatable bonds is 4. The normalized spacial score (nSPS) is 23.3. The van der Waals surface area contributed by atoms with Crippen molar-refractivity contribution in [1.82, 2.24) is 9.78 Å². The fourth-order valence-electron chi connectivity index (χ4n) is 2.26. The molecule has 1 aromatic heterocycles. The van der Waals surface area contributed by atoms with Gasteiger partial charge in [-0.25, -0.2) is 4.68 Å². The minimum Gasteiger partial charge on any atom is -0.394 e. The standard InChI is InChI=1S/C12H18ClN3O3/c13-11-10(7-14-16(5-6-17)12(11)19)15-8-1-3-9(18)4-2-8/h7-9,15,17-18H,1-6H2. The van der Waals surface area contributed by atoms with Crippen molar-refractivity contribution in [2.75, 3.05) is 11.9 Å². The van der Waals surface area contributed by atoms with Gasteiger partial charge in [0.2, 0.25) is 0 Å². The van der Waals surface area contributed by atoms with E-state index < -0.39 is 5.56 Å². The number of nitrogens with zero attached hydrogens (tertiary/aromatic N) is 2. The minimum absolute atomic E-state index is 0.0922. The van der Waals surface area contributed by atoms with E-state index in [4.69, 9.17) is 16.7 Å². The van der Waals surface area contributed by atoms with Crippen LogP contribution in [0.2, 0.25) is 5.02 Å². The van der Waals surface area contributed by atoms with Crippen molar-refractivity contribution in [3.8, 4) is 0 Å². The Morgan fingerprint density at radius 2 is 2.11 bits per heavy atom. The average molecular weight is 288 g/mol. The summed E-state index contributed by atoms with van der Waals surface area (Å²) >= 11 is 6.02. The molecule has 3 N–H and O–H groups in total. The van der Waals surface area contributed by atoms with Crippen molar-refractivity contribution >= 4 is 17.3 Å². The van der Waals surface area contributed by atoms with Gasteiger partial charge in [0, 0.05) is 6.04 Å². The monoisotopic (exact) mass is 287 g/mol. The van der Waals surface area contributed by atoms with E-state index in [-0.39, 0.29) is 30.3 Å². The first-order chi connectivity index (χ1) is 9.11. The zero-order chi connectivity index (χ0) is 13.8. The van der Waals surface area contributed by atoms with E-state index in [9.17, 15) is 9.90 Å². The molecule has 1 aromatic rings. The van der Waals surface area contributed by atoms with Gasteiger partial charge in [0.05, 0.1) is 31.1 Å². The van der Waals surface area contributed by atoms with E-state index in [1.807, 2.05) is 0 Å². The van der Waals surface area contributed by atoms with E-state index in [1.54, 1.807) is 0 Å². The van der Waals surface area contributed by atoms with Gasteiger partial charge in [0.15, 0.2) is 0 Å². The van der Waals surface area contributed by atoms with Crippen LogP contribution in [0.25, 0.3) is 0 Å². The first kappa shape index (κ1) is 14.3. The molecule has 2 rings (SSSR count). The second-order valence-electron chi connectivity index (χ2n) is 4.77. The van der Waals surface area contributed by atoms with Gasteiger partial charge in [0.25, 0.3) is 5.56 Å². The Balaban J connectivity index is 2.09. The Bertz CT molecular complexity index is 484. The van der Waals surface area contributed by atoms with Crippen LogP contribution in [0.4, 0.5) is 5.69 Å². The van der Waals surface area contributed by atoms with Crippen molar-refractivity contribution in [2.24, 2.45) is 0 Å². The number of hydrogen-bond acceptors (Lipinski definition) is 5. The summed E-state index contributed by atoms with van der Waals surface area (Å²) in [5.41, 5.74) is 0.110. The number of nitrogens with one attached hydrogen (secondary N) is 1. The summed E-state index contributed by atoms with van der Waals surface area (Å²) in [6, 6.07) is 0.204. The molecule has 0 saturated heterocycles. The lowest BCUT2D eigenvalue weighted by molar-refractivity contribution is 0.126. The highest BCUT2D eigenvalue weighted by atomic mass is 35.5. The van der Waals surface area contributed by atoms with Gasteiger partial charge in [-0.2, -0.15) is 5.10 Å². The molecule has 0 aromatic carbocycles. The molecule has 6 nitrogen and oxygen atoms in total. The van der Waals surface area contributed by atoms with Crippen molar-refractivity contribution in [2.45, 2.75) is 44.4 Å². The number of anilines is 1. The molecule has 7 heteroatoms. The Morgan fingerprint density at radius 3 is 2.74 bits per heavy atom. The SMILES string of the molecule is O=c1c(Cl)c(NC2CCC(O)CC2)cnn1CCO. The van der Waals surface area contributed by atoms with Crippen LogP contribution in [0.5, 0.6) is 0 Å². The van der Waals surface area contributed by atoms with Gasteiger partial charge in [-0.3, -0.25) is 4.79 Å². The van der Waals surface area contributed by atoms with Crippen molar-refractivity contribution in [3.63, 3.8) is 0 Å². The molecule has 1 fully saturated rings. The third-order valence-corrected chi connectivity index (χ3v) is 3.72. The largest absolute Gasteiger partial charge is 0.394 e. The van der Waals surface area contributed by atoms with E-state index in [1.165, 1.54) is 6.20 Å². The van der Waals surface area contributed by atoms with Gasteiger partial charge in [0.1, 0.15) is 5.02 Å². The van der Waals surface area contributed by atoms with Crippen LogP contribution < -0.4 is 10.9 Å². The van der Waals surface area contributed by atoms with Crippen molar-refractivity contribution < 1.29 is 10.2 Å². The Morgan fingerprint density at radius 1 is 1.42 bits per heavy atom. The number of aromatic nitrogens is 2. The van der Waals surface area contributed by atoms with Crippen LogP contribution in [0.3, 0.4) is 0 Å². The zero-order valence-corrected chi connectivity index (χ0v) is 11.3. The highest BCUT2D eigenvalue weighted by Crippen LogP contribution is 2.24. The Labute approximate surface area is 116 Å². The third-order valence-electron chi connectivity index (χ3n) is 3.35. The topological polar surface area (TPSA) is 87.4 Å². The molecule has 1 heterocycles. The van der Waals surface area contributed by atoms with E-state index >= 15 is 0 Å². The second-order valence-corrected chi connectivity index (χ2v) is 5.15. The van der Waals surface area contributed by atoms with Crippen molar-refractivity contribution in [3.05, 3.63) is 21.6 Å². The summed E-state index contributed by atoms with van der Waals surface area (Å²) in [6.45, 7) is -0.0228. The lowest BCUT2D eigenvalue weighted by atomic mass is 9.93. The fourth-order valence-corrected chi connectivity index (χ4v) is 2.46. The maximum Gasteiger partial charge on any atom is 0.287 e. The minimum atomic E-state index is -0.406. The molecule has 0 aliphatic heterocycles. The van der Waals surface area contributed by atoms with Crippen LogP contribution in [-0.2, 0) is 6.54 Å². The van der Waals surface area contributed by atoms with E-state index in [0.29, 0.717) is 5.69 Å². The van der Waals surface area contributed by atoms with E-state index in [2.05, 4.69) is 10.4 Å². The molecule has 0 amide bonds. The number of hydrogen-bond donors (Lipinski definition) is 3. The molecule has 0 unspecified atom stereocenters. The fraction of sp³-hybridized carbons (Fsp3) is 0.667. The molecule has 106 valence electrons. The molecular weight excluding hydrogens is 270 g/mol. The van der Waals surface area contributed by atoms with Crippen LogP contribution in [0.15, 0.2) is 11.0 Å². The van der Waals surface area contributed by atoms with Crippen LogP contribution in [-0.4, -0.2) is 38.7 Å². The molecule has 1 aliphatic rings. The maximum atomic E-state index is 11.9. The Hall–Kier alpha value is -1.11. The van der Waals surface area contributed by atoms with Gasteiger partial charge >= 0.3 is 0 Å². The predicted molar refractivity (Wildman–Crippen MR) is 72.5 cm³/mol. The Kier molecular flexibility index (Phi) is 4.79. The summed E-state index contributed by atoms with van der Waals surface area (Å²) in [7, 11) is 0. The molecule has 19 heavy (non-hydrogen) atoms. The summed E-state index contributed by atoms with van der Waals surface area (Å²) in [5, 5.41) is 25.5. The highest BCUT2D eigenvalue weighted by Gasteiger charge is 2.20. The number of halogens is 1.